The first kappa shape index (κ1) is 15.2. The molecule has 1 fully saturated rings. The van der Waals surface area contributed by atoms with Crippen molar-refractivity contribution in [3.05, 3.63) is 47.0 Å². The maximum atomic E-state index is 13.6. The number of rotatable bonds is 2. The van der Waals surface area contributed by atoms with Gasteiger partial charge in [0, 0.05) is 12.7 Å². The smallest absolute Gasteiger partial charge is 0.315 e. The zero-order valence-corrected chi connectivity index (χ0v) is 13.8. The van der Waals surface area contributed by atoms with Gasteiger partial charge in [0.25, 0.3) is 0 Å². The van der Waals surface area contributed by atoms with Crippen molar-refractivity contribution in [2.45, 2.75) is 18.9 Å². The highest BCUT2D eigenvalue weighted by Crippen LogP contribution is 2.22. The van der Waals surface area contributed by atoms with Crippen LogP contribution in [0.25, 0.3) is 28.3 Å². The summed E-state index contributed by atoms with van der Waals surface area (Å²) in [7, 11) is 0. The molecule has 1 unspecified atom stereocenters. The number of halogens is 1. The third kappa shape index (κ3) is 2.31. The lowest BCUT2D eigenvalue weighted by Crippen LogP contribution is -2.35. The van der Waals surface area contributed by atoms with Crippen LogP contribution in [-0.4, -0.2) is 42.0 Å². The van der Waals surface area contributed by atoms with Gasteiger partial charge in [-0.25, -0.2) is 24.1 Å². The zero-order chi connectivity index (χ0) is 17.7. The van der Waals surface area contributed by atoms with Crippen molar-refractivity contribution in [2.24, 2.45) is 0 Å². The lowest BCUT2D eigenvalue weighted by Gasteiger charge is -2.23. The molecule has 0 amide bonds. The Kier molecular flexibility index (Phi) is 3.35. The standard InChI is InChI=1S/C17H16FN7O/c18-10-3-4-14-20-8-13(24(14)9-10)15-21-7-12-16(23-15)25(17(26)22-12)11-2-1-5-19-6-11/h3-4,7-9,11,19H,1-2,5-6H2,(H,22,26). The van der Waals surface area contributed by atoms with Gasteiger partial charge in [-0.05, 0) is 31.5 Å². The van der Waals surface area contributed by atoms with E-state index in [4.69, 9.17) is 0 Å². The molecule has 4 aromatic heterocycles. The fourth-order valence-electron chi connectivity index (χ4n) is 3.55. The summed E-state index contributed by atoms with van der Waals surface area (Å²) in [5.41, 5.74) is 2.13. The second-order valence-corrected chi connectivity index (χ2v) is 6.45. The molecule has 5 heterocycles. The Hall–Kier alpha value is -3.07. The number of aromatic nitrogens is 6. The molecule has 4 aromatic rings. The average molecular weight is 353 g/mol. The molecule has 0 aromatic carbocycles. The monoisotopic (exact) mass is 353 g/mol. The number of nitrogens with zero attached hydrogens (tertiary/aromatic N) is 5. The van der Waals surface area contributed by atoms with Crippen molar-refractivity contribution in [3.8, 4) is 11.5 Å². The number of pyridine rings is 1. The van der Waals surface area contributed by atoms with Gasteiger partial charge in [-0.1, -0.05) is 0 Å². The van der Waals surface area contributed by atoms with Gasteiger partial charge in [-0.2, -0.15) is 0 Å². The minimum absolute atomic E-state index is 0.0485. The maximum Gasteiger partial charge on any atom is 0.328 e. The van der Waals surface area contributed by atoms with Crippen molar-refractivity contribution >= 4 is 16.8 Å². The summed E-state index contributed by atoms with van der Waals surface area (Å²) in [6.45, 7) is 1.69. The second kappa shape index (κ2) is 5.73. The fourth-order valence-corrected chi connectivity index (χ4v) is 3.55. The molecule has 1 aliphatic heterocycles. The molecule has 0 radical (unpaired) electrons. The van der Waals surface area contributed by atoms with Gasteiger partial charge in [0.1, 0.15) is 22.7 Å². The Bertz CT molecular complexity index is 1170. The number of piperidine rings is 1. The molecule has 0 spiro atoms. The van der Waals surface area contributed by atoms with Crippen LogP contribution in [0.5, 0.6) is 0 Å². The molecule has 1 saturated heterocycles. The molecule has 2 N–H and O–H groups in total. The molecular weight excluding hydrogens is 337 g/mol. The van der Waals surface area contributed by atoms with E-state index in [9.17, 15) is 9.18 Å². The lowest BCUT2D eigenvalue weighted by molar-refractivity contribution is 0.370. The normalized spacial score (nSPS) is 18.0. The van der Waals surface area contributed by atoms with Gasteiger partial charge in [0.05, 0.1) is 18.4 Å². The van der Waals surface area contributed by atoms with Crippen molar-refractivity contribution in [3.63, 3.8) is 0 Å². The summed E-state index contributed by atoms with van der Waals surface area (Å²) >= 11 is 0. The van der Waals surface area contributed by atoms with Gasteiger partial charge in [-0.15, -0.1) is 0 Å². The number of fused-ring (bicyclic) bond motifs is 2. The third-order valence-corrected chi connectivity index (χ3v) is 4.79. The van der Waals surface area contributed by atoms with E-state index in [1.54, 1.807) is 27.4 Å². The molecule has 0 aliphatic carbocycles. The van der Waals surface area contributed by atoms with E-state index >= 15 is 0 Å². The van der Waals surface area contributed by atoms with Crippen LogP contribution in [0.15, 0.2) is 35.5 Å². The topological polar surface area (TPSA) is 92.9 Å². The molecule has 8 nitrogen and oxygen atoms in total. The SMILES string of the molecule is O=c1[nH]c2cnc(-c3cnc4ccc(F)cn34)nc2n1C1CCCNC1. The minimum atomic E-state index is -0.371. The predicted octanol–water partition coefficient (Wildman–Crippen LogP) is 1.50. The van der Waals surface area contributed by atoms with Gasteiger partial charge < -0.3 is 10.3 Å². The Labute approximate surface area is 146 Å². The Balaban J connectivity index is 1.69. The first-order valence-corrected chi connectivity index (χ1v) is 8.52. The summed E-state index contributed by atoms with van der Waals surface area (Å²) in [4.78, 5) is 28.5. The molecule has 1 aliphatic rings. The summed E-state index contributed by atoms with van der Waals surface area (Å²) < 4.78 is 16.9. The molecule has 26 heavy (non-hydrogen) atoms. The predicted molar refractivity (Wildman–Crippen MR) is 93.4 cm³/mol. The minimum Gasteiger partial charge on any atom is -0.315 e. The highest BCUT2D eigenvalue weighted by atomic mass is 19.1. The van der Waals surface area contributed by atoms with E-state index in [0.717, 1.165) is 25.9 Å². The summed E-state index contributed by atoms with van der Waals surface area (Å²) in [6, 6.07) is 3.00. The van der Waals surface area contributed by atoms with Gasteiger partial charge in [0.15, 0.2) is 11.5 Å². The van der Waals surface area contributed by atoms with Crippen LogP contribution in [0.3, 0.4) is 0 Å². The summed E-state index contributed by atoms with van der Waals surface area (Å²) in [6.07, 6.45) is 6.46. The van der Waals surface area contributed by atoms with Crippen LogP contribution in [-0.2, 0) is 0 Å². The number of nitrogens with one attached hydrogen (secondary N) is 2. The highest BCUT2D eigenvalue weighted by molar-refractivity contribution is 5.72. The van der Waals surface area contributed by atoms with Crippen molar-refractivity contribution < 1.29 is 4.39 Å². The van der Waals surface area contributed by atoms with E-state index in [1.807, 2.05) is 0 Å². The third-order valence-electron chi connectivity index (χ3n) is 4.79. The second-order valence-electron chi connectivity index (χ2n) is 6.45. The average Bonchev–Trinajstić information content (AvgIpc) is 3.21. The largest absolute Gasteiger partial charge is 0.328 e. The molecule has 9 heteroatoms. The number of imidazole rings is 2. The van der Waals surface area contributed by atoms with Crippen LogP contribution < -0.4 is 11.0 Å². The van der Waals surface area contributed by atoms with Crippen LogP contribution in [0.1, 0.15) is 18.9 Å². The number of H-pyrrole nitrogens is 1. The van der Waals surface area contributed by atoms with Crippen LogP contribution in [0.2, 0.25) is 0 Å². The summed E-state index contributed by atoms with van der Waals surface area (Å²) in [5.74, 6) is 0.0248. The molecule has 132 valence electrons. The lowest BCUT2D eigenvalue weighted by atomic mass is 10.1. The molecular formula is C17H16FN7O. The van der Waals surface area contributed by atoms with Gasteiger partial charge >= 0.3 is 5.69 Å². The summed E-state index contributed by atoms with van der Waals surface area (Å²) in [5, 5.41) is 3.31. The maximum absolute atomic E-state index is 13.6. The number of hydrogen-bond acceptors (Lipinski definition) is 5. The van der Waals surface area contributed by atoms with Crippen molar-refractivity contribution in [2.75, 3.05) is 13.1 Å². The van der Waals surface area contributed by atoms with Crippen LogP contribution in [0, 0.1) is 5.82 Å². The fraction of sp³-hybridized carbons (Fsp3) is 0.294. The zero-order valence-electron chi connectivity index (χ0n) is 13.8. The van der Waals surface area contributed by atoms with E-state index in [-0.39, 0.29) is 17.5 Å². The Morgan fingerprint density at radius 2 is 2.15 bits per heavy atom. The van der Waals surface area contributed by atoms with Crippen LogP contribution >= 0.6 is 0 Å². The van der Waals surface area contributed by atoms with E-state index in [2.05, 4.69) is 25.3 Å². The van der Waals surface area contributed by atoms with E-state index in [0.29, 0.717) is 28.3 Å². The number of hydrogen-bond donors (Lipinski definition) is 2. The molecule has 0 saturated carbocycles. The first-order chi connectivity index (χ1) is 12.7. The highest BCUT2D eigenvalue weighted by Gasteiger charge is 2.21. The van der Waals surface area contributed by atoms with E-state index < -0.39 is 0 Å². The Morgan fingerprint density at radius 3 is 3.00 bits per heavy atom. The first-order valence-electron chi connectivity index (χ1n) is 8.52. The molecule has 0 bridgehead atoms. The van der Waals surface area contributed by atoms with Crippen molar-refractivity contribution in [1.82, 2.24) is 34.2 Å². The van der Waals surface area contributed by atoms with E-state index in [1.165, 1.54) is 12.3 Å². The van der Waals surface area contributed by atoms with Gasteiger partial charge in [0.2, 0.25) is 0 Å². The molecule has 1 atom stereocenters. The van der Waals surface area contributed by atoms with Crippen molar-refractivity contribution in [1.29, 1.82) is 0 Å². The quantitative estimate of drug-likeness (QED) is 0.570. The Morgan fingerprint density at radius 1 is 1.23 bits per heavy atom. The van der Waals surface area contributed by atoms with Crippen LogP contribution in [0.4, 0.5) is 4.39 Å². The molecule has 5 rings (SSSR count). The number of aromatic amines is 1. The van der Waals surface area contributed by atoms with Gasteiger partial charge in [-0.3, -0.25) is 8.97 Å².